The number of hydrogen-bond acceptors (Lipinski definition) is 4. The van der Waals surface area contributed by atoms with Crippen LogP contribution in [0.2, 0.25) is 0 Å². The van der Waals surface area contributed by atoms with E-state index < -0.39 is 0 Å². The smallest absolute Gasteiger partial charge is 0.253 e. The summed E-state index contributed by atoms with van der Waals surface area (Å²) in [5, 5.41) is 0. The van der Waals surface area contributed by atoms with E-state index in [2.05, 4.69) is 4.90 Å². The highest BCUT2D eigenvalue weighted by Gasteiger charge is 2.36. The lowest BCUT2D eigenvalue weighted by molar-refractivity contribution is -0.123. The molecule has 2 aliphatic heterocycles. The van der Waals surface area contributed by atoms with Gasteiger partial charge >= 0.3 is 0 Å². The lowest BCUT2D eigenvalue weighted by Crippen LogP contribution is -2.51. The highest BCUT2D eigenvalue weighted by Crippen LogP contribution is 2.27. The van der Waals surface area contributed by atoms with Crippen LogP contribution in [-0.2, 0) is 4.79 Å². The summed E-state index contributed by atoms with van der Waals surface area (Å²) in [4.78, 5) is 28.5. The Balaban J connectivity index is 1.62. The number of ether oxygens (including phenoxy) is 1. The number of primary amides is 1. The number of hydrogen-bond donors (Lipinski definition) is 1. The lowest BCUT2D eigenvalue weighted by Gasteiger charge is -2.38. The first kappa shape index (κ1) is 17.7. The Kier molecular flexibility index (Phi) is 5.27. The SMILES string of the molecule is COc1cc(C(=O)N2CCC(N3CCC[C@H]3C(N)=O)CC2)ccc1C. The number of benzene rings is 1. The molecule has 0 bridgehead atoms. The average molecular weight is 345 g/mol. The second-order valence-corrected chi connectivity index (χ2v) is 7.01. The average Bonchev–Trinajstić information content (AvgIpc) is 3.12. The summed E-state index contributed by atoms with van der Waals surface area (Å²) in [6.45, 7) is 4.31. The van der Waals surface area contributed by atoms with Crippen molar-refractivity contribution in [3.63, 3.8) is 0 Å². The van der Waals surface area contributed by atoms with Gasteiger partial charge < -0.3 is 15.4 Å². The molecule has 0 spiro atoms. The van der Waals surface area contributed by atoms with Crippen molar-refractivity contribution in [3.05, 3.63) is 29.3 Å². The Morgan fingerprint density at radius 2 is 1.88 bits per heavy atom. The second-order valence-electron chi connectivity index (χ2n) is 7.01. The number of nitrogens with two attached hydrogens (primary N) is 1. The van der Waals surface area contributed by atoms with E-state index in [-0.39, 0.29) is 17.9 Å². The van der Waals surface area contributed by atoms with Gasteiger partial charge in [0.1, 0.15) is 5.75 Å². The fourth-order valence-corrected chi connectivity index (χ4v) is 4.07. The number of nitrogens with zero attached hydrogens (tertiary/aromatic N) is 2. The molecule has 2 aliphatic rings. The molecule has 6 nitrogen and oxygen atoms in total. The topological polar surface area (TPSA) is 75.9 Å². The number of methoxy groups -OCH3 is 1. The molecule has 0 saturated carbocycles. The first-order valence-electron chi connectivity index (χ1n) is 9.00. The zero-order valence-electron chi connectivity index (χ0n) is 15.0. The van der Waals surface area contributed by atoms with Gasteiger partial charge in [-0.2, -0.15) is 0 Å². The van der Waals surface area contributed by atoms with Crippen molar-refractivity contribution in [2.75, 3.05) is 26.7 Å². The van der Waals surface area contributed by atoms with Crippen LogP contribution in [-0.4, -0.2) is 60.4 Å². The van der Waals surface area contributed by atoms with Gasteiger partial charge in [-0.25, -0.2) is 0 Å². The normalized spacial score (nSPS) is 22.2. The van der Waals surface area contributed by atoms with Crippen molar-refractivity contribution >= 4 is 11.8 Å². The van der Waals surface area contributed by atoms with Gasteiger partial charge in [0.2, 0.25) is 5.91 Å². The molecule has 136 valence electrons. The standard InChI is InChI=1S/C19H27N3O3/c1-13-5-6-14(12-17(13)25-2)19(24)21-10-7-15(8-11-21)22-9-3-4-16(22)18(20)23/h5-6,12,15-16H,3-4,7-11H2,1-2H3,(H2,20,23)/t16-/m0/s1. The molecule has 3 rings (SSSR count). The van der Waals surface area contributed by atoms with Crippen LogP contribution in [0.5, 0.6) is 5.75 Å². The van der Waals surface area contributed by atoms with Crippen LogP contribution in [0.15, 0.2) is 18.2 Å². The lowest BCUT2D eigenvalue weighted by atomic mass is 10.0. The molecule has 2 heterocycles. The van der Waals surface area contributed by atoms with Crippen LogP contribution in [0.1, 0.15) is 41.6 Å². The van der Waals surface area contributed by atoms with E-state index in [9.17, 15) is 9.59 Å². The number of piperidine rings is 1. The molecule has 0 radical (unpaired) electrons. The fourth-order valence-electron chi connectivity index (χ4n) is 4.07. The molecule has 0 unspecified atom stereocenters. The molecule has 2 fully saturated rings. The van der Waals surface area contributed by atoms with Gasteiger partial charge in [0, 0.05) is 24.7 Å². The number of carbonyl (C=O) groups is 2. The van der Waals surface area contributed by atoms with Gasteiger partial charge in [0.25, 0.3) is 5.91 Å². The van der Waals surface area contributed by atoms with Gasteiger partial charge in [-0.3, -0.25) is 14.5 Å². The molecule has 2 amide bonds. The van der Waals surface area contributed by atoms with E-state index in [0.29, 0.717) is 24.7 Å². The summed E-state index contributed by atoms with van der Waals surface area (Å²) < 4.78 is 5.32. The van der Waals surface area contributed by atoms with Crippen LogP contribution >= 0.6 is 0 Å². The second kappa shape index (κ2) is 7.44. The Morgan fingerprint density at radius 1 is 1.16 bits per heavy atom. The van der Waals surface area contributed by atoms with E-state index in [4.69, 9.17) is 10.5 Å². The number of amides is 2. The predicted molar refractivity (Wildman–Crippen MR) is 95.6 cm³/mol. The van der Waals surface area contributed by atoms with Crippen molar-refractivity contribution in [1.29, 1.82) is 0 Å². The zero-order chi connectivity index (χ0) is 18.0. The minimum absolute atomic E-state index is 0.0459. The molecular formula is C19H27N3O3. The Hall–Kier alpha value is -2.08. The summed E-state index contributed by atoms with van der Waals surface area (Å²) in [7, 11) is 1.62. The molecule has 1 aromatic carbocycles. The Bertz CT molecular complexity index is 653. The van der Waals surface area contributed by atoms with Crippen LogP contribution in [0.25, 0.3) is 0 Å². The summed E-state index contributed by atoms with van der Waals surface area (Å²) in [5.74, 6) is 0.564. The van der Waals surface area contributed by atoms with Gasteiger partial charge in [-0.1, -0.05) is 6.07 Å². The molecule has 25 heavy (non-hydrogen) atoms. The van der Waals surface area contributed by atoms with Crippen LogP contribution in [0.3, 0.4) is 0 Å². The van der Waals surface area contributed by atoms with Crippen molar-refractivity contribution in [3.8, 4) is 5.75 Å². The van der Waals surface area contributed by atoms with Crippen LogP contribution in [0.4, 0.5) is 0 Å². The van der Waals surface area contributed by atoms with E-state index in [1.165, 1.54) is 0 Å². The van der Waals surface area contributed by atoms with E-state index in [1.807, 2.05) is 30.0 Å². The summed E-state index contributed by atoms with van der Waals surface area (Å²) in [6.07, 6.45) is 3.66. The van der Waals surface area contributed by atoms with Crippen LogP contribution < -0.4 is 10.5 Å². The third-order valence-electron chi connectivity index (χ3n) is 5.50. The fraction of sp³-hybridized carbons (Fsp3) is 0.579. The number of carbonyl (C=O) groups excluding carboxylic acids is 2. The van der Waals surface area contributed by atoms with E-state index in [0.717, 1.165) is 43.5 Å². The zero-order valence-corrected chi connectivity index (χ0v) is 15.0. The summed E-state index contributed by atoms with van der Waals surface area (Å²) in [6, 6.07) is 5.80. The largest absolute Gasteiger partial charge is 0.496 e. The Morgan fingerprint density at radius 3 is 2.52 bits per heavy atom. The number of aryl methyl sites for hydroxylation is 1. The quantitative estimate of drug-likeness (QED) is 0.898. The molecule has 2 saturated heterocycles. The molecule has 0 aliphatic carbocycles. The predicted octanol–water partition coefficient (Wildman–Crippen LogP) is 1.56. The van der Waals surface area contributed by atoms with Gasteiger partial charge in [-0.05, 0) is 56.8 Å². The van der Waals surface area contributed by atoms with Gasteiger partial charge in [0.05, 0.1) is 13.2 Å². The van der Waals surface area contributed by atoms with E-state index in [1.54, 1.807) is 7.11 Å². The van der Waals surface area contributed by atoms with Crippen molar-refractivity contribution in [2.45, 2.75) is 44.7 Å². The number of rotatable bonds is 4. The molecule has 2 N–H and O–H groups in total. The molecule has 6 heteroatoms. The van der Waals surface area contributed by atoms with Gasteiger partial charge in [-0.15, -0.1) is 0 Å². The number of likely N-dealkylation sites (tertiary alicyclic amines) is 2. The van der Waals surface area contributed by atoms with Gasteiger partial charge in [0.15, 0.2) is 0 Å². The maximum absolute atomic E-state index is 12.8. The monoisotopic (exact) mass is 345 g/mol. The van der Waals surface area contributed by atoms with Crippen LogP contribution in [0, 0.1) is 6.92 Å². The first-order chi connectivity index (χ1) is 12.0. The third-order valence-corrected chi connectivity index (χ3v) is 5.50. The highest BCUT2D eigenvalue weighted by atomic mass is 16.5. The van der Waals surface area contributed by atoms with Crippen molar-refractivity contribution < 1.29 is 14.3 Å². The highest BCUT2D eigenvalue weighted by molar-refractivity contribution is 5.94. The maximum Gasteiger partial charge on any atom is 0.253 e. The third kappa shape index (κ3) is 3.63. The van der Waals surface area contributed by atoms with Crippen molar-refractivity contribution in [2.24, 2.45) is 5.73 Å². The van der Waals surface area contributed by atoms with E-state index >= 15 is 0 Å². The molecule has 1 aromatic rings. The Labute approximate surface area is 148 Å². The minimum atomic E-state index is -0.220. The summed E-state index contributed by atoms with van der Waals surface area (Å²) in [5.41, 5.74) is 7.21. The molecular weight excluding hydrogens is 318 g/mol. The first-order valence-corrected chi connectivity index (χ1v) is 9.00. The maximum atomic E-state index is 12.8. The minimum Gasteiger partial charge on any atom is -0.496 e. The molecule has 0 aromatic heterocycles. The van der Waals surface area contributed by atoms with Crippen molar-refractivity contribution in [1.82, 2.24) is 9.80 Å². The molecule has 1 atom stereocenters. The summed E-state index contributed by atoms with van der Waals surface area (Å²) >= 11 is 0.